The van der Waals surface area contributed by atoms with Gasteiger partial charge in [0, 0.05) is 43.0 Å². The van der Waals surface area contributed by atoms with E-state index in [0.717, 1.165) is 45.7 Å². The molecule has 2 nitrogen and oxygen atoms in total. The lowest BCUT2D eigenvalue weighted by atomic mass is 9.43. The third-order valence-electron chi connectivity index (χ3n) is 16.3. The number of rotatable bonds is 4. The molecule has 63 heavy (non-hydrogen) atoms. The van der Waals surface area contributed by atoms with Gasteiger partial charge >= 0.3 is 0 Å². The third-order valence-corrected chi connectivity index (χ3v) is 19.2. The fourth-order valence-electron chi connectivity index (χ4n) is 14.0. The molecule has 8 aromatic carbocycles. The van der Waals surface area contributed by atoms with Crippen molar-refractivity contribution >= 4 is 31.6 Å². The van der Waals surface area contributed by atoms with Crippen molar-refractivity contribution < 1.29 is 0 Å². The van der Waals surface area contributed by atoms with E-state index in [1.807, 2.05) is 0 Å². The van der Waals surface area contributed by atoms with E-state index < -0.39 is 10.0 Å². The summed E-state index contributed by atoms with van der Waals surface area (Å²) in [6.07, 6.45) is 11.7. The standard InChI is InChI=1S/C60H48N2S/c1-63(2)54-23-13-22-46(57(54)56-44-20-11-9-14-38(44)25-27-55(56)63)48-33-49-47-26-24-39-15-10-12-21-45(39)58(47)60(42-29-36-28-37(31-42)32-43(60)30-36)51(49)34-50(48)59-61-52(40-16-5-3-6-17-40)35-53(62-59)41-18-7-4-8-19-41/h3-27,33-37,42-43H,28-32H2,1-2H3. The third kappa shape index (κ3) is 4.98. The van der Waals surface area contributed by atoms with Crippen LogP contribution in [0.5, 0.6) is 0 Å². The molecule has 1 spiro atoms. The molecule has 5 aliphatic carbocycles. The fraction of sp³-hybridized carbons (Fsp3) is 0.200. The van der Waals surface area contributed by atoms with Crippen LogP contribution in [0.3, 0.4) is 0 Å². The molecule has 3 heteroatoms. The predicted octanol–water partition coefficient (Wildman–Crippen LogP) is 15.6. The van der Waals surface area contributed by atoms with Crippen LogP contribution in [0.1, 0.15) is 43.2 Å². The van der Waals surface area contributed by atoms with Gasteiger partial charge in [0.25, 0.3) is 0 Å². The van der Waals surface area contributed by atoms with Gasteiger partial charge in [-0.15, -0.1) is 0 Å². The summed E-state index contributed by atoms with van der Waals surface area (Å²) in [5, 5.41) is 5.43. The van der Waals surface area contributed by atoms with Crippen molar-refractivity contribution in [1.29, 1.82) is 0 Å². The molecule has 9 aromatic rings. The first-order valence-electron chi connectivity index (χ1n) is 23.1. The Balaban J connectivity index is 1.12. The van der Waals surface area contributed by atoms with Crippen molar-refractivity contribution in [2.45, 2.75) is 47.3 Å². The molecular weight excluding hydrogens is 781 g/mol. The van der Waals surface area contributed by atoms with Crippen LogP contribution in [-0.2, 0) is 5.41 Å². The maximum absolute atomic E-state index is 5.65. The highest BCUT2D eigenvalue weighted by molar-refractivity contribution is 8.33. The maximum Gasteiger partial charge on any atom is 0.161 e. The Bertz CT molecular complexity index is 3300. The molecule has 4 bridgehead atoms. The highest BCUT2D eigenvalue weighted by Crippen LogP contribution is 2.72. The second-order valence-corrected chi connectivity index (χ2v) is 23.2. The Hall–Kier alpha value is -6.29. The van der Waals surface area contributed by atoms with E-state index in [1.54, 1.807) is 5.56 Å². The number of nitrogens with zero attached hydrogens (tertiary/aromatic N) is 2. The predicted molar refractivity (Wildman–Crippen MR) is 263 cm³/mol. The topological polar surface area (TPSA) is 25.8 Å². The normalized spacial score (nSPS) is 23.5. The first-order valence-corrected chi connectivity index (χ1v) is 25.5. The molecule has 1 aromatic heterocycles. The van der Waals surface area contributed by atoms with Crippen LogP contribution in [-0.4, -0.2) is 22.5 Å². The summed E-state index contributed by atoms with van der Waals surface area (Å²) in [6.45, 7) is 0. The number of benzene rings is 8. The number of hydrogen-bond acceptors (Lipinski definition) is 2. The molecule has 2 heterocycles. The lowest BCUT2D eigenvalue weighted by Crippen LogP contribution is -2.55. The lowest BCUT2D eigenvalue weighted by molar-refractivity contribution is -0.0393. The van der Waals surface area contributed by atoms with Gasteiger partial charge in [-0.3, -0.25) is 0 Å². The monoisotopic (exact) mass is 828 g/mol. The average molecular weight is 829 g/mol. The van der Waals surface area contributed by atoms with Crippen molar-refractivity contribution in [2.24, 2.45) is 23.7 Å². The minimum absolute atomic E-state index is 0.0426. The number of aromatic nitrogens is 2. The Morgan fingerprint density at radius 3 is 1.71 bits per heavy atom. The lowest BCUT2D eigenvalue weighted by Gasteiger charge is -2.61. The minimum Gasteiger partial charge on any atom is -0.228 e. The smallest absolute Gasteiger partial charge is 0.161 e. The zero-order chi connectivity index (χ0) is 41.6. The van der Waals surface area contributed by atoms with E-state index in [-0.39, 0.29) is 5.41 Å². The zero-order valence-electron chi connectivity index (χ0n) is 35.8. The molecular formula is C60H48N2S. The van der Waals surface area contributed by atoms with Crippen molar-refractivity contribution in [1.82, 2.24) is 9.97 Å². The van der Waals surface area contributed by atoms with Crippen molar-refractivity contribution in [2.75, 3.05) is 12.5 Å². The second kappa shape index (κ2) is 13.1. The van der Waals surface area contributed by atoms with Crippen LogP contribution < -0.4 is 0 Å². The summed E-state index contributed by atoms with van der Waals surface area (Å²) in [5.74, 6) is 3.75. The molecule has 0 saturated heterocycles. The molecule has 0 atom stereocenters. The molecule has 304 valence electrons. The Morgan fingerprint density at radius 2 is 1.03 bits per heavy atom. The SMILES string of the molecule is CS1(C)c2cccc(-c3cc4c(cc3-c3nc(-c5ccccc5)cc(-c5ccccc5)n3)C3(c5c-4ccc4ccccc54)C4CC5CC(C4)CC3C5)c2-c2c1ccc1ccccc21. The van der Waals surface area contributed by atoms with Gasteiger partial charge in [-0.25, -0.2) is 9.97 Å². The molecule has 0 radical (unpaired) electrons. The molecule has 0 unspecified atom stereocenters. The van der Waals surface area contributed by atoms with Gasteiger partial charge in [0.2, 0.25) is 0 Å². The van der Waals surface area contributed by atoms with Crippen molar-refractivity contribution in [3.63, 3.8) is 0 Å². The van der Waals surface area contributed by atoms with Crippen LogP contribution in [0.15, 0.2) is 180 Å². The van der Waals surface area contributed by atoms with Crippen molar-refractivity contribution in [3.8, 4) is 67.3 Å². The summed E-state index contributed by atoms with van der Waals surface area (Å²) in [4.78, 5) is 14.2. The van der Waals surface area contributed by atoms with Crippen LogP contribution in [0.4, 0.5) is 0 Å². The maximum atomic E-state index is 5.65. The quantitative estimate of drug-likeness (QED) is 0.177. The number of fused-ring (bicyclic) bond motifs is 10. The van der Waals surface area contributed by atoms with E-state index in [4.69, 9.17) is 9.97 Å². The van der Waals surface area contributed by atoms with Gasteiger partial charge in [0.1, 0.15) is 0 Å². The van der Waals surface area contributed by atoms with E-state index in [2.05, 4.69) is 182 Å². The van der Waals surface area contributed by atoms with Gasteiger partial charge in [0.15, 0.2) is 5.82 Å². The molecule has 4 saturated carbocycles. The summed E-state index contributed by atoms with van der Waals surface area (Å²) in [5.41, 5.74) is 16.5. The summed E-state index contributed by atoms with van der Waals surface area (Å²) >= 11 is 0. The Morgan fingerprint density at radius 1 is 0.444 bits per heavy atom. The van der Waals surface area contributed by atoms with E-state index in [0.29, 0.717) is 11.8 Å². The highest BCUT2D eigenvalue weighted by atomic mass is 32.3. The largest absolute Gasteiger partial charge is 0.228 e. The Labute approximate surface area is 371 Å². The minimum atomic E-state index is -1.30. The summed E-state index contributed by atoms with van der Waals surface area (Å²) < 4.78 is 0. The van der Waals surface area contributed by atoms with Crippen LogP contribution in [0.25, 0.3) is 88.8 Å². The molecule has 6 aliphatic rings. The van der Waals surface area contributed by atoms with E-state index >= 15 is 0 Å². The molecule has 1 aliphatic heterocycles. The first kappa shape index (κ1) is 36.2. The zero-order valence-corrected chi connectivity index (χ0v) is 36.6. The summed E-state index contributed by atoms with van der Waals surface area (Å²) in [6, 6.07) is 64.0. The number of hydrogen-bond donors (Lipinski definition) is 0. The van der Waals surface area contributed by atoms with E-state index in [9.17, 15) is 0 Å². The fourth-order valence-corrected chi connectivity index (χ4v) is 16.5. The van der Waals surface area contributed by atoms with Gasteiger partial charge in [0.05, 0.1) is 11.4 Å². The van der Waals surface area contributed by atoms with Gasteiger partial charge in [-0.05, 0) is 154 Å². The highest BCUT2D eigenvalue weighted by Gasteiger charge is 2.62. The molecule has 4 fully saturated rings. The van der Waals surface area contributed by atoms with Crippen molar-refractivity contribution in [3.05, 3.63) is 181 Å². The summed E-state index contributed by atoms with van der Waals surface area (Å²) in [7, 11) is -1.30. The second-order valence-electron chi connectivity index (χ2n) is 19.7. The molecule has 0 amide bonds. The van der Waals surface area contributed by atoms with E-state index in [1.165, 1.54) is 102 Å². The van der Waals surface area contributed by atoms with Crippen LogP contribution >= 0.6 is 10.0 Å². The van der Waals surface area contributed by atoms with Gasteiger partial charge in [-0.1, -0.05) is 140 Å². The molecule has 15 rings (SSSR count). The van der Waals surface area contributed by atoms with Gasteiger partial charge in [-0.2, -0.15) is 10.0 Å². The average Bonchev–Trinajstić information content (AvgIpc) is 3.76. The first-order chi connectivity index (χ1) is 30.9. The van der Waals surface area contributed by atoms with Gasteiger partial charge < -0.3 is 0 Å². The van der Waals surface area contributed by atoms with Crippen LogP contribution in [0.2, 0.25) is 0 Å². The molecule has 0 N–H and O–H groups in total. The Kier molecular flexibility index (Phi) is 7.55. The van der Waals surface area contributed by atoms with Crippen LogP contribution in [0, 0.1) is 23.7 Å².